The minimum atomic E-state index is -0.0411. The molecule has 6 nitrogen and oxygen atoms in total. The Morgan fingerprint density at radius 2 is 1.89 bits per heavy atom. The molecule has 1 aromatic heterocycles. The molecule has 0 aliphatic rings. The molecule has 6 heteroatoms. The van der Waals surface area contributed by atoms with E-state index in [0.717, 1.165) is 37.0 Å². The number of guanidine groups is 1. The van der Waals surface area contributed by atoms with Crippen LogP contribution >= 0.6 is 0 Å². The molecule has 0 saturated carbocycles. The first-order valence-corrected chi connectivity index (χ1v) is 9.89. The molecule has 0 fully saturated rings. The summed E-state index contributed by atoms with van der Waals surface area (Å²) < 4.78 is 11.5. The second-order valence-corrected chi connectivity index (χ2v) is 8.32. The molecule has 0 unspecified atom stereocenters. The van der Waals surface area contributed by atoms with Crippen molar-refractivity contribution in [3.63, 3.8) is 0 Å². The van der Waals surface area contributed by atoms with Crippen LogP contribution in [0.4, 0.5) is 0 Å². The molecule has 154 valence electrons. The topological polar surface area (TPSA) is 71.7 Å². The number of aliphatic imine (C=N–C) groups is 1. The first-order chi connectivity index (χ1) is 13.3. The summed E-state index contributed by atoms with van der Waals surface area (Å²) >= 11 is 0. The molecule has 0 radical (unpaired) electrons. The van der Waals surface area contributed by atoms with Gasteiger partial charge in [-0.25, -0.2) is 4.98 Å². The lowest BCUT2D eigenvalue weighted by atomic mass is 9.94. The number of ether oxygens (including phenoxy) is 1. The zero-order valence-corrected chi connectivity index (χ0v) is 18.0. The van der Waals surface area contributed by atoms with Gasteiger partial charge in [0.1, 0.15) is 11.5 Å². The molecular weight excluding hydrogens is 352 g/mol. The van der Waals surface area contributed by atoms with Gasteiger partial charge in [0.05, 0.1) is 19.3 Å². The van der Waals surface area contributed by atoms with Gasteiger partial charge in [0.15, 0.2) is 5.96 Å². The number of hydrogen-bond donors (Lipinski definition) is 2. The molecule has 0 saturated heterocycles. The smallest absolute Gasteiger partial charge is 0.213 e. The highest BCUT2D eigenvalue weighted by Crippen LogP contribution is 2.22. The summed E-state index contributed by atoms with van der Waals surface area (Å²) in [6, 6.07) is 8.27. The lowest BCUT2D eigenvalue weighted by Crippen LogP contribution is -2.37. The predicted molar refractivity (Wildman–Crippen MR) is 114 cm³/mol. The summed E-state index contributed by atoms with van der Waals surface area (Å²) in [4.78, 5) is 8.58. The van der Waals surface area contributed by atoms with Crippen LogP contribution in [0.25, 0.3) is 0 Å². The molecule has 0 atom stereocenters. The van der Waals surface area contributed by atoms with E-state index in [-0.39, 0.29) is 5.41 Å². The van der Waals surface area contributed by atoms with Gasteiger partial charge in [-0.3, -0.25) is 4.99 Å². The third kappa shape index (κ3) is 7.25. The minimum Gasteiger partial charge on any atom is -0.493 e. The highest BCUT2D eigenvalue weighted by molar-refractivity contribution is 5.79. The fourth-order valence-electron chi connectivity index (χ4n) is 2.46. The summed E-state index contributed by atoms with van der Waals surface area (Å²) in [5.41, 5.74) is 1.21. The lowest BCUT2D eigenvalue weighted by molar-refractivity contribution is 0.271. The molecule has 0 aliphatic heterocycles. The quantitative estimate of drug-likeness (QED) is 0.531. The van der Waals surface area contributed by atoms with Gasteiger partial charge in [0.25, 0.3) is 0 Å². The van der Waals surface area contributed by atoms with Crippen LogP contribution in [-0.4, -0.2) is 31.1 Å². The van der Waals surface area contributed by atoms with E-state index in [9.17, 15) is 0 Å². The van der Waals surface area contributed by atoms with Crippen LogP contribution in [0.3, 0.4) is 0 Å². The van der Waals surface area contributed by atoms with Crippen LogP contribution in [0.1, 0.15) is 51.8 Å². The molecule has 0 spiro atoms. The third-order valence-corrected chi connectivity index (χ3v) is 4.14. The average Bonchev–Trinajstić information content (AvgIpc) is 3.13. The van der Waals surface area contributed by atoms with E-state index < -0.39 is 0 Å². The van der Waals surface area contributed by atoms with Crippen molar-refractivity contribution in [2.75, 3.05) is 20.2 Å². The number of oxazole rings is 1. The Morgan fingerprint density at radius 1 is 1.18 bits per heavy atom. The summed E-state index contributed by atoms with van der Waals surface area (Å²) in [5, 5.41) is 6.55. The lowest BCUT2D eigenvalue weighted by Gasteiger charge is -2.13. The number of hydrogen-bond acceptors (Lipinski definition) is 4. The predicted octanol–water partition coefficient (Wildman–Crippen LogP) is 3.91. The van der Waals surface area contributed by atoms with Crippen molar-refractivity contribution >= 4 is 5.96 Å². The molecule has 1 aromatic carbocycles. The van der Waals surface area contributed by atoms with E-state index >= 15 is 0 Å². The van der Waals surface area contributed by atoms with Crippen molar-refractivity contribution in [3.8, 4) is 5.75 Å². The maximum atomic E-state index is 5.79. The summed E-state index contributed by atoms with van der Waals surface area (Å²) in [7, 11) is 1.76. The van der Waals surface area contributed by atoms with Crippen molar-refractivity contribution in [1.82, 2.24) is 15.6 Å². The first kappa shape index (κ1) is 21.8. The standard InChI is InChI=1S/C22H34N4O2/c1-16(2)15-27-18-9-7-17(8-10-18)11-12-24-21(23-6)26-14-20-25-13-19(28-20)22(3,4)5/h7-10,13,16H,11-12,14-15H2,1-6H3,(H2,23,24,26). The van der Waals surface area contributed by atoms with Crippen LogP contribution in [-0.2, 0) is 18.4 Å². The van der Waals surface area contributed by atoms with E-state index in [4.69, 9.17) is 9.15 Å². The van der Waals surface area contributed by atoms with Crippen LogP contribution < -0.4 is 15.4 Å². The van der Waals surface area contributed by atoms with Gasteiger partial charge in [-0.1, -0.05) is 46.8 Å². The van der Waals surface area contributed by atoms with Crippen LogP contribution in [0.2, 0.25) is 0 Å². The normalized spacial score (nSPS) is 12.3. The van der Waals surface area contributed by atoms with Gasteiger partial charge >= 0.3 is 0 Å². The molecule has 1 heterocycles. The molecule has 2 N–H and O–H groups in total. The third-order valence-electron chi connectivity index (χ3n) is 4.14. The van der Waals surface area contributed by atoms with Crippen LogP contribution in [0.15, 0.2) is 39.9 Å². The summed E-state index contributed by atoms with van der Waals surface area (Å²) in [5.74, 6) is 3.72. The molecule has 0 amide bonds. The van der Waals surface area contributed by atoms with E-state index in [1.54, 1.807) is 13.2 Å². The van der Waals surface area contributed by atoms with Gasteiger partial charge < -0.3 is 19.8 Å². The van der Waals surface area contributed by atoms with Crippen LogP contribution in [0.5, 0.6) is 5.75 Å². The Balaban J connectivity index is 1.74. The maximum absolute atomic E-state index is 5.79. The molecule has 2 rings (SSSR count). The fourth-order valence-corrected chi connectivity index (χ4v) is 2.46. The molecule has 0 aliphatic carbocycles. The molecule has 28 heavy (non-hydrogen) atoms. The van der Waals surface area contributed by atoms with Crippen molar-refractivity contribution in [2.45, 2.75) is 53.0 Å². The average molecular weight is 387 g/mol. The number of nitrogens with zero attached hydrogens (tertiary/aromatic N) is 2. The summed E-state index contributed by atoms with van der Waals surface area (Å²) in [6.45, 7) is 12.6. The molecule has 2 aromatic rings. The Labute approximate surface area is 168 Å². The Hall–Kier alpha value is -2.50. The van der Waals surface area contributed by atoms with Gasteiger partial charge in [0.2, 0.25) is 5.89 Å². The maximum Gasteiger partial charge on any atom is 0.213 e. The van der Waals surface area contributed by atoms with E-state index in [1.165, 1.54) is 5.56 Å². The van der Waals surface area contributed by atoms with Crippen molar-refractivity contribution < 1.29 is 9.15 Å². The largest absolute Gasteiger partial charge is 0.493 e. The van der Waals surface area contributed by atoms with Gasteiger partial charge in [-0.15, -0.1) is 0 Å². The zero-order chi connectivity index (χ0) is 20.6. The van der Waals surface area contributed by atoms with Crippen LogP contribution in [0, 0.1) is 5.92 Å². The van der Waals surface area contributed by atoms with Crippen molar-refractivity contribution in [2.24, 2.45) is 10.9 Å². The second-order valence-electron chi connectivity index (χ2n) is 8.32. The van der Waals surface area contributed by atoms with Gasteiger partial charge in [-0.2, -0.15) is 0 Å². The second kappa shape index (κ2) is 10.2. The fraction of sp³-hybridized carbons (Fsp3) is 0.545. The molecule has 0 bridgehead atoms. The first-order valence-electron chi connectivity index (χ1n) is 9.89. The number of aromatic nitrogens is 1. The van der Waals surface area contributed by atoms with Crippen molar-refractivity contribution in [3.05, 3.63) is 47.7 Å². The summed E-state index contributed by atoms with van der Waals surface area (Å²) in [6.07, 6.45) is 2.69. The molecular formula is C22H34N4O2. The highest BCUT2D eigenvalue weighted by atomic mass is 16.5. The monoisotopic (exact) mass is 386 g/mol. The van der Waals surface area contributed by atoms with Crippen molar-refractivity contribution in [1.29, 1.82) is 0 Å². The number of rotatable bonds is 8. The Morgan fingerprint density at radius 3 is 2.46 bits per heavy atom. The highest BCUT2D eigenvalue weighted by Gasteiger charge is 2.19. The van der Waals surface area contributed by atoms with E-state index in [0.29, 0.717) is 18.4 Å². The number of nitrogens with one attached hydrogen (secondary N) is 2. The Kier molecular flexibility index (Phi) is 7.91. The van der Waals surface area contributed by atoms with Gasteiger partial charge in [-0.05, 0) is 30.0 Å². The van der Waals surface area contributed by atoms with Gasteiger partial charge in [0, 0.05) is 19.0 Å². The SMILES string of the molecule is CN=C(NCCc1ccc(OCC(C)C)cc1)NCc1ncc(C(C)(C)C)o1. The van der Waals surface area contributed by atoms with E-state index in [2.05, 4.69) is 67.4 Å². The Bertz CT molecular complexity index is 743. The minimum absolute atomic E-state index is 0.0411. The zero-order valence-electron chi connectivity index (χ0n) is 18.0. The number of benzene rings is 1. The van der Waals surface area contributed by atoms with E-state index in [1.807, 2.05) is 12.1 Å².